The number of hydrogen-bond acceptors (Lipinski definition) is 3. The highest BCUT2D eigenvalue weighted by Crippen LogP contribution is 2.28. The summed E-state index contributed by atoms with van der Waals surface area (Å²) in [5, 5.41) is 7.33. The maximum Gasteiger partial charge on any atom is 0.241 e. The number of amidine groups is 1. The first-order valence-corrected chi connectivity index (χ1v) is 7.41. The first kappa shape index (κ1) is 12.7. The molecule has 0 atom stereocenters. The van der Waals surface area contributed by atoms with Gasteiger partial charge in [0.25, 0.3) is 0 Å². The Morgan fingerprint density at radius 1 is 1.53 bits per heavy atom. The Hall–Kier alpha value is -0.710. The number of rotatable bonds is 5. The van der Waals surface area contributed by atoms with E-state index < -0.39 is 0 Å². The van der Waals surface area contributed by atoms with Crippen molar-refractivity contribution in [1.29, 1.82) is 0 Å². The first-order valence-electron chi connectivity index (χ1n) is 6.42. The Balaban J connectivity index is 1.80. The van der Waals surface area contributed by atoms with Crippen LogP contribution in [0, 0.1) is 0 Å². The highest BCUT2D eigenvalue weighted by Gasteiger charge is 2.33. The largest absolute Gasteiger partial charge is 0.359 e. The van der Waals surface area contributed by atoms with Crippen LogP contribution in [0.3, 0.4) is 0 Å². The normalized spacial score (nSPS) is 24.7. The smallest absolute Gasteiger partial charge is 0.241 e. The molecule has 0 aromatic heterocycles. The van der Waals surface area contributed by atoms with Gasteiger partial charge in [-0.15, -0.1) is 0 Å². The standard InChI is InChI=1S/C12H21N3OS/c1-3-12(4-2)8-17-11(15-12)13-7-10(16)14-9-5-6-9/h9H,3-8H2,1-2H3,(H,13,15)(H,14,16). The lowest BCUT2D eigenvalue weighted by atomic mass is 9.96. The molecule has 0 spiro atoms. The van der Waals surface area contributed by atoms with Crippen molar-refractivity contribution in [1.82, 2.24) is 10.6 Å². The molecule has 1 aliphatic heterocycles. The van der Waals surface area contributed by atoms with E-state index in [1.165, 1.54) is 0 Å². The van der Waals surface area contributed by atoms with E-state index in [4.69, 9.17) is 0 Å². The molecule has 1 heterocycles. The lowest BCUT2D eigenvalue weighted by Gasteiger charge is -2.25. The average Bonchev–Trinajstić information content (AvgIpc) is 3.05. The third-order valence-electron chi connectivity index (χ3n) is 3.52. The Morgan fingerprint density at radius 3 is 2.76 bits per heavy atom. The van der Waals surface area contributed by atoms with Crippen LogP contribution in [-0.4, -0.2) is 35.0 Å². The molecule has 17 heavy (non-hydrogen) atoms. The number of nitrogens with one attached hydrogen (secondary N) is 2. The molecule has 96 valence electrons. The summed E-state index contributed by atoms with van der Waals surface area (Å²) in [6.07, 6.45) is 4.46. The Morgan fingerprint density at radius 2 is 2.24 bits per heavy atom. The van der Waals surface area contributed by atoms with Crippen LogP contribution in [0.1, 0.15) is 39.5 Å². The number of amides is 1. The van der Waals surface area contributed by atoms with Gasteiger partial charge in [-0.3, -0.25) is 9.79 Å². The molecular weight excluding hydrogens is 234 g/mol. The molecule has 2 aliphatic rings. The average molecular weight is 255 g/mol. The second kappa shape index (κ2) is 5.29. The molecule has 2 N–H and O–H groups in total. The number of thioether (sulfide) groups is 1. The predicted molar refractivity (Wildman–Crippen MR) is 72.4 cm³/mol. The lowest BCUT2D eigenvalue weighted by Crippen LogP contribution is -2.42. The fourth-order valence-electron chi connectivity index (χ4n) is 1.87. The molecule has 2 rings (SSSR count). The Bertz CT molecular complexity index is 322. The second-order valence-corrected chi connectivity index (χ2v) is 5.83. The van der Waals surface area contributed by atoms with Crippen molar-refractivity contribution in [2.24, 2.45) is 4.99 Å². The van der Waals surface area contributed by atoms with Crippen molar-refractivity contribution < 1.29 is 4.79 Å². The summed E-state index contributed by atoms with van der Waals surface area (Å²) < 4.78 is 0. The van der Waals surface area contributed by atoms with Gasteiger partial charge in [0.05, 0.1) is 0 Å². The van der Waals surface area contributed by atoms with Gasteiger partial charge in [0.1, 0.15) is 6.54 Å². The molecule has 0 unspecified atom stereocenters. The van der Waals surface area contributed by atoms with Crippen molar-refractivity contribution >= 4 is 22.8 Å². The summed E-state index contributed by atoms with van der Waals surface area (Å²) in [6, 6.07) is 0.428. The third-order valence-corrected chi connectivity index (χ3v) is 4.72. The number of carbonyl (C=O) groups excluding carboxylic acids is 1. The van der Waals surface area contributed by atoms with Gasteiger partial charge in [-0.2, -0.15) is 0 Å². The first-order chi connectivity index (χ1) is 8.17. The van der Waals surface area contributed by atoms with Crippen molar-refractivity contribution in [3.8, 4) is 0 Å². The number of carbonyl (C=O) groups is 1. The van der Waals surface area contributed by atoms with E-state index in [1.54, 1.807) is 11.8 Å². The highest BCUT2D eigenvalue weighted by molar-refractivity contribution is 8.14. The molecule has 1 aliphatic carbocycles. The second-order valence-electron chi connectivity index (χ2n) is 4.86. The minimum atomic E-state index is 0.0490. The Labute approximate surface area is 107 Å². The fourth-order valence-corrected chi connectivity index (χ4v) is 3.20. The number of aliphatic imine (C=N–C) groups is 1. The van der Waals surface area contributed by atoms with Gasteiger partial charge in [-0.25, -0.2) is 0 Å². The van der Waals surface area contributed by atoms with E-state index in [1.807, 2.05) is 0 Å². The highest BCUT2D eigenvalue weighted by atomic mass is 32.2. The van der Waals surface area contributed by atoms with Crippen LogP contribution in [0.5, 0.6) is 0 Å². The van der Waals surface area contributed by atoms with Crippen LogP contribution >= 0.6 is 11.8 Å². The summed E-state index contributed by atoms with van der Waals surface area (Å²) in [5.41, 5.74) is 0.191. The van der Waals surface area contributed by atoms with E-state index in [2.05, 4.69) is 29.5 Å². The maximum absolute atomic E-state index is 11.5. The van der Waals surface area contributed by atoms with Gasteiger partial charge >= 0.3 is 0 Å². The molecule has 0 aromatic rings. The molecule has 1 saturated carbocycles. The zero-order valence-corrected chi connectivity index (χ0v) is 11.4. The SMILES string of the molecule is CCC1(CC)CSC(=NCC(=O)NC2CC2)N1. The van der Waals surface area contributed by atoms with Crippen molar-refractivity contribution in [3.05, 3.63) is 0 Å². The van der Waals surface area contributed by atoms with E-state index in [0.29, 0.717) is 6.04 Å². The number of nitrogens with zero attached hydrogens (tertiary/aromatic N) is 1. The number of hydrogen-bond donors (Lipinski definition) is 2. The van der Waals surface area contributed by atoms with Gasteiger partial charge < -0.3 is 10.6 Å². The van der Waals surface area contributed by atoms with Gasteiger partial charge in [-0.05, 0) is 25.7 Å². The fraction of sp³-hybridized carbons (Fsp3) is 0.833. The Kier molecular flexibility index (Phi) is 3.97. The molecular formula is C12H21N3OS. The summed E-state index contributed by atoms with van der Waals surface area (Å²) >= 11 is 1.73. The summed E-state index contributed by atoms with van der Waals surface area (Å²) in [5.74, 6) is 1.11. The molecule has 0 radical (unpaired) electrons. The minimum Gasteiger partial charge on any atom is -0.359 e. The van der Waals surface area contributed by atoms with Crippen LogP contribution in [0.2, 0.25) is 0 Å². The van der Waals surface area contributed by atoms with E-state index in [0.717, 1.165) is 36.6 Å². The maximum atomic E-state index is 11.5. The van der Waals surface area contributed by atoms with Crippen LogP contribution in [0.15, 0.2) is 4.99 Å². The molecule has 0 bridgehead atoms. The quantitative estimate of drug-likeness (QED) is 0.783. The van der Waals surface area contributed by atoms with Crippen molar-refractivity contribution in [2.75, 3.05) is 12.3 Å². The molecule has 1 saturated heterocycles. The van der Waals surface area contributed by atoms with Gasteiger partial charge in [0.15, 0.2) is 5.17 Å². The zero-order chi connectivity index (χ0) is 12.3. The van der Waals surface area contributed by atoms with E-state index in [9.17, 15) is 4.79 Å². The summed E-state index contributed by atoms with van der Waals surface area (Å²) in [7, 11) is 0. The van der Waals surface area contributed by atoms with Gasteiger partial charge in [0.2, 0.25) is 5.91 Å². The molecule has 0 aromatic carbocycles. The van der Waals surface area contributed by atoms with E-state index >= 15 is 0 Å². The zero-order valence-electron chi connectivity index (χ0n) is 10.6. The minimum absolute atomic E-state index is 0.0490. The third kappa shape index (κ3) is 3.37. The molecule has 2 fully saturated rings. The summed E-state index contributed by atoms with van der Waals surface area (Å²) in [4.78, 5) is 15.8. The lowest BCUT2D eigenvalue weighted by molar-refractivity contribution is -0.119. The van der Waals surface area contributed by atoms with E-state index in [-0.39, 0.29) is 18.0 Å². The summed E-state index contributed by atoms with van der Waals surface area (Å²) in [6.45, 7) is 4.65. The van der Waals surface area contributed by atoms with Crippen molar-refractivity contribution in [2.45, 2.75) is 51.1 Å². The molecule has 1 amide bonds. The van der Waals surface area contributed by atoms with Crippen molar-refractivity contribution in [3.63, 3.8) is 0 Å². The van der Waals surface area contributed by atoms with Crippen LogP contribution in [-0.2, 0) is 4.79 Å². The monoisotopic (exact) mass is 255 g/mol. The topological polar surface area (TPSA) is 53.5 Å². The van der Waals surface area contributed by atoms with Crippen LogP contribution < -0.4 is 10.6 Å². The predicted octanol–water partition coefficient (Wildman–Crippen LogP) is 1.52. The van der Waals surface area contributed by atoms with Crippen LogP contribution in [0.4, 0.5) is 0 Å². The molecule has 5 heteroatoms. The van der Waals surface area contributed by atoms with Crippen LogP contribution in [0.25, 0.3) is 0 Å². The molecule has 4 nitrogen and oxygen atoms in total. The van der Waals surface area contributed by atoms with Gasteiger partial charge in [-0.1, -0.05) is 25.6 Å². The van der Waals surface area contributed by atoms with Gasteiger partial charge in [0, 0.05) is 17.3 Å².